The van der Waals surface area contributed by atoms with Crippen LogP contribution in [0.15, 0.2) is 53.6 Å². The molecule has 2 aromatic carbocycles. The second kappa shape index (κ2) is 4.65. The van der Waals surface area contributed by atoms with E-state index in [0.717, 1.165) is 16.8 Å². The quantitative estimate of drug-likeness (QED) is 0.771. The number of para-hydroxylation sites is 1. The predicted octanol–water partition coefficient (Wildman–Crippen LogP) is 2.54. The van der Waals surface area contributed by atoms with E-state index in [1.807, 2.05) is 24.3 Å². The molecule has 0 saturated carbocycles. The van der Waals surface area contributed by atoms with Crippen molar-refractivity contribution in [3.05, 3.63) is 59.7 Å². The summed E-state index contributed by atoms with van der Waals surface area (Å²) < 4.78 is 0. The maximum absolute atomic E-state index is 9.82. The third-order valence-corrected chi connectivity index (χ3v) is 3.26. The van der Waals surface area contributed by atoms with Crippen LogP contribution >= 0.6 is 0 Å². The van der Waals surface area contributed by atoms with E-state index in [1.54, 1.807) is 24.3 Å². The van der Waals surface area contributed by atoms with Gasteiger partial charge in [-0.15, -0.1) is 0 Å². The van der Waals surface area contributed by atoms with Gasteiger partial charge in [-0.2, -0.15) is 5.10 Å². The van der Waals surface area contributed by atoms with E-state index in [4.69, 9.17) is 0 Å². The lowest BCUT2D eigenvalue weighted by molar-refractivity contribution is 0.474. The average molecular weight is 254 g/mol. The number of rotatable bonds is 2. The number of benzene rings is 2. The van der Waals surface area contributed by atoms with Gasteiger partial charge < -0.3 is 15.6 Å². The lowest BCUT2D eigenvalue weighted by Crippen LogP contribution is -2.09. The fourth-order valence-corrected chi connectivity index (χ4v) is 2.23. The second-order valence-corrected chi connectivity index (χ2v) is 4.55. The Hall–Kier alpha value is -2.49. The summed E-state index contributed by atoms with van der Waals surface area (Å²) in [6.07, 6.45) is 0.711. The molecule has 1 aliphatic heterocycles. The first kappa shape index (κ1) is 11.6. The van der Waals surface area contributed by atoms with Crippen molar-refractivity contribution < 1.29 is 10.2 Å². The summed E-state index contributed by atoms with van der Waals surface area (Å²) in [4.78, 5) is 0. The monoisotopic (exact) mass is 254 g/mol. The third-order valence-electron chi connectivity index (χ3n) is 3.26. The molecule has 0 spiro atoms. The highest BCUT2D eigenvalue weighted by Gasteiger charge is 2.22. The highest BCUT2D eigenvalue weighted by molar-refractivity contribution is 6.03. The number of phenolic OH excluding ortho intramolecular Hbond substituents is 2. The summed E-state index contributed by atoms with van der Waals surface area (Å²) >= 11 is 0. The van der Waals surface area contributed by atoms with Crippen LogP contribution in [-0.2, 0) is 0 Å². The third kappa shape index (κ3) is 2.25. The van der Waals surface area contributed by atoms with Crippen molar-refractivity contribution in [3.63, 3.8) is 0 Å². The van der Waals surface area contributed by atoms with Crippen molar-refractivity contribution in [1.29, 1.82) is 0 Å². The Kier molecular flexibility index (Phi) is 2.83. The highest BCUT2D eigenvalue weighted by atomic mass is 16.3. The van der Waals surface area contributed by atoms with Crippen molar-refractivity contribution in [1.82, 2.24) is 5.43 Å². The molecular formula is C15H14N2O2. The Balaban J connectivity index is 1.80. The number of nitrogens with zero attached hydrogens (tertiary/aromatic N) is 1. The van der Waals surface area contributed by atoms with Crippen LogP contribution in [0.4, 0.5) is 0 Å². The largest absolute Gasteiger partial charge is 0.508 e. The van der Waals surface area contributed by atoms with Crippen LogP contribution in [0, 0.1) is 0 Å². The molecule has 1 aliphatic rings. The van der Waals surface area contributed by atoms with E-state index in [1.165, 1.54) is 0 Å². The molecule has 0 radical (unpaired) electrons. The number of nitrogens with one attached hydrogen (secondary N) is 1. The number of hydrazone groups is 1. The molecule has 0 aliphatic carbocycles. The molecule has 96 valence electrons. The van der Waals surface area contributed by atoms with E-state index in [2.05, 4.69) is 10.5 Å². The fraction of sp³-hybridized carbons (Fsp3) is 0.133. The molecule has 3 N–H and O–H groups in total. The summed E-state index contributed by atoms with van der Waals surface area (Å²) in [6.45, 7) is 0. The van der Waals surface area contributed by atoms with Gasteiger partial charge in [0.15, 0.2) is 0 Å². The van der Waals surface area contributed by atoms with Gasteiger partial charge in [0, 0.05) is 12.0 Å². The van der Waals surface area contributed by atoms with E-state index in [-0.39, 0.29) is 17.5 Å². The summed E-state index contributed by atoms with van der Waals surface area (Å²) in [7, 11) is 0. The van der Waals surface area contributed by atoms with Gasteiger partial charge in [0.05, 0.1) is 11.8 Å². The first-order valence-corrected chi connectivity index (χ1v) is 6.13. The second-order valence-electron chi connectivity index (χ2n) is 4.55. The molecule has 0 unspecified atom stereocenters. The zero-order valence-electron chi connectivity index (χ0n) is 10.2. The van der Waals surface area contributed by atoms with Gasteiger partial charge in [-0.3, -0.25) is 0 Å². The van der Waals surface area contributed by atoms with Crippen LogP contribution in [-0.4, -0.2) is 15.9 Å². The van der Waals surface area contributed by atoms with E-state index >= 15 is 0 Å². The molecule has 2 aromatic rings. The summed E-state index contributed by atoms with van der Waals surface area (Å²) in [5, 5.41) is 23.4. The van der Waals surface area contributed by atoms with Crippen molar-refractivity contribution in [3.8, 4) is 11.5 Å². The smallest absolute Gasteiger partial charge is 0.124 e. The lowest BCUT2D eigenvalue weighted by Gasteiger charge is -2.10. The first-order valence-electron chi connectivity index (χ1n) is 6.13. The van der Waals surface area contributed by atoms with Crippen molar-refractivity contribution >= 4 is 5.71 Å². The zero-order chi connectivity index (χ0) is 13.2. The number of hydrogen-bond acceptors (Lipinski definition) is 4. The Morgan fingerprint density at radius 3 is 2.47 bits per heavy atom. The van der Waals surface area contributed by atoms with Gasteiger partial charge in [0.25, 0.3) is 0 Å². The van der Waals surface area contributed by atoms with Gasteiger partial charge >= 0.3 is 0 Å². The Morgan fingerprint density at radius 2 is 1.74 bits per heavy atom. The van der Waals surface area contributed by atoms with Gasteiger partial charge in [-0.1, -0.05) is 24.3 Å². The molecule has 0 fully saturated rings. The summed E-state index contributed by atoms with van der Waals surface area (Å²) in [5.74, 6) is 0.498. The van der Waals surface area contributed by atoms with Gasteiger partial charge in [0.1, 0.15) is 11.5 Å². The molecule has 0 saturated heterocycles. The summed E-state index contributed by atoms with van der Waals surface area (Å²) in [5.41, 5.74) is 5.73. The minimum Gasteiger partial charge on any atom is -0.508 e. The van der Waals surface area contributed by atoms with Gasteiger partial charge in [0.2, 0.25) is 0 Å². The average Bonchev–Trinajstić information content (AvgIpc) is 2.89. The normalized spacial score (nSPS) is 17.9. The standard InChI is InChI=1S/C15H14N2O2/c18-11-7-5-10(6-8-11)13-9-14(17-16-13)12-3-1-2-4-15(12)19/h1-8,13,16,18-19H,9H2/t13-/m1/s1. The SMILES string of the molecule is Oc1ccc([C@H]2CC(c3ccccc3O)=NN2)cc1. The van der Waals surface area contributed by atoms with Gasteiger partial charge in [-0.05, 0) is 29.8 Å². The van der Waals surface area contributed by atoms with Crippen molar-refractivity contribution in [2.24, 2.45) is 5.10 Å². The molecule has 3 rings (SSSR count). The Morgan fingerprint density at radius 1 is 1.00 bits per heavy atom. The molecule has 1 atom stereocenters. The van der Waals surface area contributed by atoms with Gasteiger partial charge in [-0.25, -0.2) is 0 Å². The number of aromatic hydroxyl groups is 2. The van der Waals surface area contributed by atoms with E-state index in [0.29, 0.717) is 6.42 Å². The number of phenols is 2. The molecule has 0 bridgehead atoms. The first-order chi connectivity index (χ1) is 9.24. The van der Waals surface area contributed by atoms with Crippen LogP contribution in [0.25, 0.3) is 0 Å². The fourth-order valence-electron chi connectivity index (χ4n) is 2.23. The minimum atomic E-state index is 0.0789. The molecular weight excluding hydrogens is 240 g/mol. The maximum Gasteiger partial charge on any atom is 0.124 e. The maximum atomic E-state index is 9.82. The lowest BCUT2D eigenvalue weighted by atomic mass is 9.98. The zero-order valence-corrected chi connectivity index (χ0v) is 10.2. The molecule has 4 nitrogen and oxygen atoms in total. The highest BCUT2D eigenvalue weighted by Crippen LogP contribution is 2.28. The Bertz CT molecular complexity index is 620. The van der Waals surface area contributed by atoms with Crippen LogP contribution in [0.1, 0.15) is 23.6 Å². The van der Waals surface area contributed by atoms with Crippen LogP contribution < -0.4 is 5.43 Å². The van der Waals surface area contributed by atoms with Crippen molar-refractivity contribution in [2.75, 3.05) is 0 Å². The summed E-state index contributed by atoms with van der Waals surface area (Å²) in [6, 6.07) is 14.3. The topological polar surface area (TPSA) is 64.8 Å². The molecule has 4 heteroatoms. The van der Waals surface area contributed by atoms with Crippen LogP contribution in [0.3, 0.4) is 0 Å². The van der Waals surface area contributed by atoms with Crippen molar-refractivity contribution in [2.45, 2.75) is 12.5 Å². The molecule has 19 heavy (non-hydrogen) atoms. The van der Waals surface area contributed by atoms with E-state index in [9.17, 15) is 10.2 Å². The van der Waals surface area contributed by atoms with E-state index < -0.39 is 0 Å². The van der Waals surface area contributed by atoms with Crippen LogP contribution in [0.2, 0.25) is 0 Å². The molecule has 0 aromatic heterocycles. The van der Waals surface area contributed by atoms with Crippen LogP contribution in [0.5, 0.6) is 11.5 Å². The predicted molar refractivity (Wildman–Crippen MR) is 73.2 cm³/mol. The number of hydrogen-bond donors (Lipinski definition) is 3. The Labute approximate surface area is 111 Å². The molecule has 0 amide bonds. The minimum absolute atomic E-state index is 0.0789. The molecule has 1 heterocycles.